The molecule has 2 heterocycles. The molecule has 6 heteroatoms. The first-order valence-electron chi connectivity index (χ1n) is 9.71. The van der Waals surface area contributed by atoms with Crippen LogP contribution in [-0.4, -0.2) is 55.5 Å². The molecule has 2 saturated heterocycles. The molecular weight excluding hydrogens is 330 g/mol. The standard InChI is InChI=1S/C20H29N3O3/c1-2-26-18-10-4-3-8-16(18)20(25)23-12-6-7-15(14-23)13-22-19(24)17-9-5-11-21-17/h3-4,8,10,15,17,21H,2,5-7,9,11-14H2,1H3,(H,22,24). The number of benzene rings is 1. The summed E-state index contributed by atoms with van der Waals surface area (Å²) in [4.78, 5) is 27.0. The second kappa shape index (κ2) is 9.03. The molecule has 2 atom stereocenters. The minimum atomic E-state index is -0.0469. The van der Waals surface area contributed by atoms with Gasteiger partial charge in [0.25, 0.3) is 5.91 Å². The fraction of sp³-hybridized carbons (Fsp3) is 0.600. The van der Waals surface area contributed by atoms with Gasteiger partial charge >= 0.3 is 0 Å². The van der Waals surface area contributed by atoms with Gasteiger partial charge in [0.15, 0.2) is 0 Å². The highest BCUT2D eigenvalue weighted by molar-refractivity contribution is 5.97. The van der Waals surface area contributed by atoms with E-state index in [0.29, 0.717) is 36.9 Å². The van der Waals surface area contributed by atoms with Gasteiger partial charge < -0.3 is 20.3 Å². The quantitative estimate of drug-likeness (QED) is 0.813. The lowest BCUT2D eigenvalue weighted by atomic mass is 9.97. The van der Waals surface area contributed by atoms with Crippen LogP contribution in [0.4, 0.5) is 0 Å². The number of amides is 2. The molecule has 2 aliphatic rings. The molecule has 142 valence electrons. The summed E-state index contributed by atoms with van der Waals surface area (Å²) < 4.78 is 5.60. The molecular formula is C20H29N3O3. The molecule has 0 aliphatic carbocycles. The van der Waals surface area contributed by atoms with E-state index in [2.05, 4.69) is 10.6 Å². The van der Waals surface area contributed by atoms with E-state index in [1.54, 1.807) is 0 Å². The van der Waals surface area contributed by atoms with E-state index in [1.807, 2.05) is 36.1 Å². The first kappa shape index (κ1) is 18.7. The number of nitrogens with zero attached hydrogens (tertiary/aromatic N) is 1. The first-order chi connectivity index (χ1) is 12.7. The second-order valence-electron chi connectivity index (χ2n) is 7.08. The molecule has 2 fully saturated rings. The van der Waals surface area contributed by atoms with Crippen molar-refractivity contribution >= 4 is 11.8 Å². The van der Waals surface area contributed by atoms with Gasteiger partial charge in [0, 0.05) is 19.6 Å². The highest BCUT2D eigenvalue weighted by Gasteiger charge is 2.27. The minimum absolute atomic E-state index is 0.0162. The van der Waals surface area contributed by atoms with E-state index >= 15 is 0 Å². The highest BCUT2D eigenvalue weighted by Crippen LogP contribution is 2.23. The van der Waals surface area contributed by atoms with Gasteiger partial charge in [-0.25, -0.2) is 0 Å². The Hall–Kier alpha value is -2.08. The Morgan fingerprint density at radius 2 is 2.12 bits per heavy atom. The first-order valence-corrected chi connectivity index (χ1v) is 9.71. The molecule has 1 aromatic carbocycles. The third-order valence-corrected chi connectivity index (χ3v) is 5.17. The van der Waals surface area contributed by atoms with Crippen LogP contribution in [0.3, 0.4) is 0 Å². The summed E-state index contributed by atoms with van der Waals surface area (Å²) in [6, 6.07) is 7.37. The average Bonchev–Trinajstić information content (AvgIpc) is 3.21. The lowest BCUT2D eigenvalue weighted by Crippen LogP contribution is -2.46. The normalized spacial score (nSPS) is 22.9. The largest absolute Gasteiger partial charge is 0.493 e. The average molecular weight is 359 g/mol. The number of hydrogen-bond acceptors (Lipinski definition) is 4. The van der Waals surface area contributed by atoms with Crippen molar-refractivity contribution in [1.82, 2.24) is 15.5 Å². The zero-order chi connectivity index (χ0) is 18.4. The number of para-hydroxylation sites is 1. The molecule has 0 saturated carbocycles. The fourth-order valence-electron chi connectivity index (χ4n) is 3.79. The van der Waals surface area contributed by atoms with Crippen LogP contribution in [0.25, 0.3) is 0 Å². The molecule has 0 spiro atoms. The van der Waals surface area contributed by atoms with Crippen LogP contribution in [0.1, 0.15) is 43.0 Å². The number of hydrogen-bond donors (Lipinski definition) is 2. The predicted octanol–water partition coefficient (Wildman–Crippen LogP) is 1.81. The zero-order valence-electron chi connectivity index (χ0n) is 15.5. The van der Waals surface area contributed by atoms with Crippen molar-refractivity contribution in [2.24, 2.45) is 5.92 Å². The lowest BCUT2D eigenvalue weighted by Gasteiger charge is -2.33. The van der Waals surface area contributed by atoms with Crippen LogP contribution >= 0.6 is 0 Å². The molecule has 3 rings (SSSR count). The SMILES string of the molecule is CCOc1ccccc1C(=O)N1CCCC(CNC(=O)C2CCCN2)C1. The summed E-state index contributed by atoms with van der Waals surface area (Å²) in [5, 5.41) is 6.28. The second-order valence-corrected chi connectivity index (χ2v) is 7.08. The monoisotopic (exact) mass is 359 g/mol. The number of likely N-dealkylation sites (tertiary alicyclic amines) is 1. The molecule has 2 N–H and O–H groups in total. The van der Waals surface area contributed by atoms with Crippen LogP contribution in [-0.2, 0) is 4.79 Å². The van der Waals surface area contributed by atoms with Crippen molar-refractivity contribution in [3.05, 3.63) is 29.8 Å². The van der Waals surface area contributed by atoms with Crippen molar-refractivity contribution in [2.45, 2.75) is 38.6 Å². The number of ether oxygens (including phenoxy) is 1. The van der Waals surface area contributed by atoms with E-state index < -0.39 is 0 Å². The van der Waals surface area contributed by atoms with E-state index in [9.17, 15) is 9.59 Å². The van der Waals surface area contributed by atoms with Crippen LogP contribution < -0.4 is 15.4 Å². The minimum Gasteiger partial charge on any atom is -0.493 e. The number of carbonyl (C=O) groups excluding carboxylic acids is 2. The molecule has 0 aromatic heterocycles. The summed E-state index contributed by atoms with van der Waals surface area (Å²) >= 11 is 0. The molecule has 0 radical (unpaired) electrons. The van der Waals surface area contributed by atoms with Crippen molar-refractivity contribution in [2.75, 3.05) is 32.8 Å². The van der Waals surface area contributed by atoms with Crippen LogP contribution in [0.15, 0.2) is 24.3 Å². The molecule has 26 heavy (non-hydrogen) atoms. The Morgan fingerprint density at radius 1 is 1.27 bits per heavy atom. The van der Waals surface area contributed by atoms with E-state index in [0.717, 1.165) is 38.8 Å². The Morgan fingerprint density at radius 3 is 2.88 bits per heavy atom. The Labute approximate surface area is 155 Å². The summed E-state index contributed by atoms with van der Waals surface area (Å²) in [5.41, 5.74) is 0.620. The summed E-state index contributed by atoms with van der Waals surface area (Å²) in [6.07, 6.45) is 3.97. The van der Waals surface area contributed by atoms with Crippen molar-refractivity contribution in [3.63, 3.8) is 0 Å². The molecule has 6 nitrogen and oxygen atoms in total. The predicted molar refractivity (Wildman–Crippen MR) is 100 cm³/mol. The van der Waals surface area contributed by atoms with Gasteiger partial charge in [-0.15, -0.1) is 0 Å². The highest BCUT2D eigenvalue weighted by atomic mass is 16.5. The number of piperidine rings is 1. The Balaban J connectivity index is 1.56. The third kappa shape index (κ3) is 4.55. The maximum absolute atomic E-state index is 12.9. The van der Waals surface area contributed by atoms with Crippen LogP contribution in [0.5, 0.6) is 5.75 Å². The summed E-state index contributed by atoms with van der Waals surface area (Å²) in [5.74, 6) is 1.05. The maximum atomic E-state index is 12.9. The molecule has 1 aromatic rings. The Bertz CT molecular complexity index is 628. The van der Waals surface area contributed by atoms with E-state index in [1.165, 1.54) is 0 Å². The van der Waals surface area contributed by atoms with Gasteiger partial charge in [-0.2, -0.15) is 0 Å². The van der Waals surface area contributed by atoms with Gasteiger partial charge in [-0.05, 0) is 57.2 Å². The zero-order valence-corrected chi connectivity index (χ0v) is 15.5. The van der Waals surface area contributed by atoms with Gasteiger partial charge in [-0.1, -0.05) is 12.1 Å². The summed E-state index contributed by atoms with van der Waals surface area (Å²) in [6.45, 7) is 5.44. The van der Waals surface area contributed by atoms with E-state index in [-0.39, 0.29) is 17.9 Å². The number of rotatable bonds is 6. The number of nitrogens with one attached hydrogen (secondary N) is 2. The molecule has 2 unspecified atom stereocenters. The van der Waals surface area contributed by atoms with Crippen molar-refractivity contribution in [3.8, 4) is 5.75 Å². The van der Waals surface area contributed by atoms with Gasteiger partial charge in [0.05, 0.1) is 18.2 Å². The molecule has 2 amide bonds. The molecule has 2 aliphatic heterocycles. The lowest BCUT2D eigenvalue weighted by molar-refractivity contribution is -0.123. The van der Waals surface area contributed by atoms with E-state index in [4.69, 9.17) is 4.74 Å². The maximum Gasteiger partial charge on any atom is 0.257 e. The number of carbonyl (C=O) groups is 2. The van der Waals surface area contributed by atoms with Crippen molar-refractivity contribution < 1.29 is 14.3 Å². The third-order valence-electron chi connectivity index (χ3n) is 5.17. The van der Waals surface area contributed by atoms with Gasteiger partial charge in [-0.3, -0.25) is 9.59 Å². The van der Waals surface area contributed by atoms with Crippen LogP contribution in [0, 0.1) is 5.92 Å². The fourth-order valence-corrected chi connectivity index (χ4v) is 3.79. The summed E-state index contributed by atoms with van der Waals surface area (Å²) in [7, 11) is 0. The van der Waals surface area contributed by atoms with Gasteiger partial charge in [0.1, 0.15) is 5.75 Å². The topological polar surface area (TPSA) is 70.7 Å². The Kier molecular flexibility index (Phi) is 6.50. The van der Waals surface area contributed by atoms with Gasteiger partial charge in [0.2, 0.25) is 5.91 Å². The van der Waals surface area contributed by atoms with Crippen molar-refractivity contribution in [1.29, 1.82) is 0 Å². The van der Waals surface area contributed by atoms with Crippen LogP contribution in [0.2, 0.25) is 0 Å². The smallest absolute Gasteiger partial charge is 0.257 e. The molecule has 0 bridgehead atoms.